The van der Waals surface area contributed by atoms with E-state index < -0.39 is 0 Å². The number of hydrogen-bond donors (Lipinski definition) is 3. The van der Waals surface area contributed by atoms with Gasteiger partial charge >= 0.3 is 0 Å². The molecule has 1 aromatic carbocycles. The molecule has 100 valence electrons. The van der Waals surface area contributed by atoms with Crippen molar-refractivity contribution in [1.29, 1.82) is 0 Å². The predicted molar refractivity (Wildman–Crippen MR) is 79.7 cm³/mol. The number of fused-ring (bicyclic) bond motifs is 1. The van der Waals surface area contributed by atoms with Crippen LogP contribution in [-0.2, 0) is 6.42 Å². The van der Waals surface area contributed by atoms with Crippen molar-refractivity contribution in [3.8, 4) is 0 Å². The highest BCUT2D eigenvalue weighted by atomic mass is 15.2. The molecule has 3 rings (SSSR count). The van der Waals surface area contributed by atoms with E-state index in [9.17, 15) is 0 Å². The van der Waals surface area contributed by atoms with Crippen LogP contribution >= 0.6 is 0 Å². The molecule has 2 heterocycles. The molecule has 4 nitrogen and oxygen atoms in total. The molecule has 1 aliphatic heterocycles. The van der Waals surface area contributed by atoms with Crippen molar-refractivity contribution in [2.45, 2.75) is 19.8 Å². The second-order valence-electron chi connectivity index (χ2n) is 5.05. The molecular weight excluding hydrogens is 236 g/mol. The minimum Gasteiger partial charge on any atom is -0.361 e. The first-order valence-electron chi connectivity index (χ1n) is 6.92. The zero-order valence-corrected chi connectivity index (χ0v) is 11.3. The highest BCUT2D eigenvalue weighted by Gasteiger charge is 2.05. The average Bonchev–Trinajstić information content (AvgIpc) is 2.82. The van der Waals surface area contributed by atoms with Gasteiger partial charge in [-0.05, 0) is 37.0 Å². The van der Waals surface area contributed by atoms with Crippen molar-refractivity contribution in [1.82, 2.24) is 15.6 Å². The fourth-order valence-corrected chi connectivity index (χ4v) is 2.47. The summed E-state index contributed by atoms with van der Waals surface area (Å²) in [4.78, 5) is 7.75. The van der Waals surface area contributed by atoms with Crippen LogP contribution in [0.25, 0.3) is 10.9 Å². The van der Waals surface area contributed by atoms with Gasteiger partial charge in [0.2, 0.25) is 0 Å². The molecule has 0 atom stereocenters. The van der Waals surface area contributed by atoms with Gasteiger partial charge in [0.1, 0.15) is 0 Å². The standard InChI is InChI=1S/C15H20N4/c1-11-3-4-13-12(10-19-14(13)9-11)5-8-18-15-16-6-2-7-17-15/h3-4,9-10,19H,2,5-8H2,1H3,(H2,16,17,18). The molecule has 1 aromatic heterocycles. The Balaban J connectivity index is 1.63. The lowest BCUT2D eigenvalue weighted by molar-refractivity contribution is 0.700. The fraction of sp³-hybridized carbons (Fsp3) is 0.400. The maximum Gasteiger partial charge on any atom is 0.191 e. The van der Waals surface area contributed by atoms with Crippen LogP contribution < -0.4 is 10.6 Å². The second-order valence-corrected chi connectivity index (χ2v) is 5.05. The molecule has 19 heavy (non-hydrogen) atoms. The molecule has 4 heteroatoms. The Morgan fingerprint density at radius 3 is 3.16 bits per heavy atom. The number of aryl methyl sites for hydroxylation is 1. The van der Waals surface area contributed by atoms with Crippen LogP contribution in [0.1, 0.15) is 17.5 Å². The maximum atomic E-state index is 4.41. The third-order valence-corrected chi connectivity index (χ3v) is 3.51. The van der Waals surface area contributed by atoms with E-state index in [4.69, 9.17) is 0 Å². The summed E-state index contributed by atoms with van der Waals surface area (Å²) in [5, 5.41) is 7.96. The number of aromatic amines is 1. The first-order valence-corrected chi connectivity index (χ1v) is 6.92. The summed E-state index contributed by atoms with van der Waals surface area (Å²) < 4.78 is 0. The van der Waals surface area contributed by atoms with Gasteiger partial charge in [-0.15, -0.1) is 0 Å². The number of aliphatic imine (C=N–C) groups is 1. The van der Waals surface area contributed by atoms with Gasteiger partial charge < -0.3 is 15.6 Å². The Morgan fingerprint density at radius 2 is 2.32 bits per heavy atom. The van der Waals surface area contributed by atoms with Crippen molar-refractivity contribution in [3.05, 3.63) is 35.5 Å². The number of rotatable bonds is 3. The van der Waals surface area contributed by atoms with E-state index in [0.717, 1.165) is 38.4 Å². The molecule has 1 aliphatic rings. The molecule has 0 unspecified atom stereocenters. The third-order valence-electron chi connectivity index (χ3n) is 3.51. The Kier molecular flexibility index (Phi) is 3.40. The quantitative estimate of drug-likeness (QED) is 0.786. The lowest BCUT2D eigenvalue weighted by atomic mass is 10.1. The molecular formula is C15H20N4. The summed E-state index contributed by atoms with van der Waals surface area (Å²) in [5.41, 5.74) is 3.88. The van der Waals surface area contributed by atoms with Crippen molar-refractivity contribution in [3.63, 3.8) is 0 Å². The van der Waals surface area contributed by atoms with Crippen molar-refractivity contribution < 1.29 is 0 Å². The smallest absolute Gasteiger partial charge is 0.191 e. The number of aromatic nitrogens is 1. The largest absolute Gasteiger partial charge is 0.361 e. The van der Waals surface area contributed by atoms with Gasteiger partial charge in [-0.25, -0.2) is 0 Å². The monoisotopic (exact) mass is 256 g/mol. The van der Waals surface area contributed by atoms with E-state index in [1.54, 1.807) is 0 Å². The Bertz CT molecular complexity index is 597. The van der Waals surface area contributed by atoms with E-state index in [-0.39, 0.29) is 0 Å². The lowest BCUT2D eigenvalue weighted by Crippen LogP contribution is -2.41. The average molecular weight is 256 g/mol. The van der Waals surface area contributed by atoms with Gasteiger partial charge in [0.25, 0.3) is 0 Å². The highest BCUT2D eigenvalue weighted by molar-refractivity contribution is 5.84. The SMILES string of the molecule is Cc1ccc2c(CCNC3=NCCCN3)c[nH]c2c1. The predicted octanol–water partition coefficient (Wildman–Crippen LogP) is 1.96. The number of guanidine groups is 1. The number of nitrogens with zero attached hydrogens (tertiary/aromatic N) is 1. The molecule has 0 amide bonds. The zero-order chi connectivity index (χ0) is 13.1. The Morgan fingerprint density at radius 1 is 1.37 bits per heavy atom. The third kappa shape index (κ3) is 2.72. The van der Waals surface area contributed by atoms with Gasteiger partial charge in [0, 0.05) is 36.7 Å². The minimum absolute atomic E-state index is 0.909. The number of nitrogens with one attached hydrogen (secondary N) is 3. The molecule has 0 aliphatic carbocycles. The Labute approximate surface area is 113 Å². The number of hydrogen-bond acceptors (Lipinski definition) is 3. The molecule has 2 aromatic rings. The first kappa shape index (κ1) is 12.1. The molecule has 0 radical (unpaired) electrons. The minimum atomic E-state index is 0.909. The molecule has 0 spiro atoms. The Hall–Kier alpha value is -1.97. The first-order chi connectivity index (χ1) is 9.33. The van der Waals surface area contributed by atoms with Crippen LogP contribution in [0.5, 0.6) is 0 Å². The van der Waals surface area contributed by atoms with Crippen molar-refractivity contribution in [2.24, 2.45) is 4.99 Å². The summed E-state index contributed by atoms with van der Waals surface area (Å²) in [6, 6.07) is 6.56. The summed E-state index contributed by atoms with van der Waals surface area (Å²) in [5.74, 6) is 0.946. The van der Waals surface area contributed by atoms with Crippen LogP contribution in [-0.4, -0.2) is 30.6 Å². The molecule has 0 fully saturated rings. The molecule has 0 saturated carbocycles. The summed E-state index contributed by atoms with van der Waals surface area (Å²) in [7, 11) is 0. The molecule has 0 bridgehead atoms. The van der Waals surface area contributed by atoms with Crippen LogP contribution in [0.4, 0.5) is 0 Å². The summed E-state index contributed by atoms with van der Waals surface area (Å²) >= 11 is 0. The van der Waals surface area contributed by atoms with Gasteiger partial charge in [-0.1, -0.05) is 12.1 Å². The van der Waals surface area contributed by atoms with Crippen LogP contribution in [0.2, 0.25) is 0 Å². The normalized spacial score (nSPS) is 15.1. The van der Waals surface area contributed by atoms with Crippen molar-refractivity contribution in [2.75, 3.05) is 19.6 Å². The van der Waals surface area contributed by atoms with Crippen LogP contribution in [0.15, 0.2) is 29.4 Å². The van der Waals surface area contributed by atoms with E-state index >= 15 is 0 Å². The summed E-state index contributed by atoms with van der Waals surface area (Å²) in [6.45, 7) is 4.99. The van der Waals surface area contributed by atoms with Gasteiger partial charge in [0.15, 0.2) is 5.96 Å². The fourth-order valence-electron chi connectivity index (χ4n) is 2.47. The van der Waals surface area contributed by atoms with Gasteiger partial charge in [0.05, 0.1) is 0 Å². The second kappa shape index (κ2) is 5.34. The van der Waals surface area contributed by atoms with E-state index in [2.05, 4.69) is 51.9 Å². The van der Waals surface area contributed by atoms with Gasteiger partial charge in [-0.2, -0.15) is 0 Å². The number of benzene rings is 1. The van der Waals surface area contributed by atoms with Crippen LogP contribution in [0, 0.1) is 6.92 Å². The van der Waals surface area contributed by atoms with E-state index in [1.807, 2.05) is 0 Å². The zero-order valence-electron chi connectivity index (χ0n) is 11.3. The summed E-state index contributed by atoms with van der Waals surface area (Å²) in [6.07, 6.45) is 4.25. The number of H-pyrrole nitrogens is 1. The molecule has 0 saturated heterocycles. The molecule has 3 N–H and O–H groups in total. The van der Waals surface area contributed by atoms with Gasteiger partial charge in [-0.3, -0.25) is 4.99 Å². The highest BCUT2D eigenvalue weighted by Crippen LogP contribution is 2.19. The van der Waals surface area contributed by atoms with Crippen molar-refractivity contribution >= 4 is 16.9 Å². The van der Waals surface area contributed by atoms with E-state index in [0.29, 0.717) is 0 Å². The maximum absolute atomic E-state index is 4.41. The topological polar surface area (TPSA) is 52.2 Å². The van der Waals surface area contributed by atoms with Crippen LogP contribution in [0.3, 0.4) is 0 Å². The lowest BCUT2D eigenvalue weighted by Gasteiger charge is -2.15. The van der Waals surface area contributed by atoms with E-state index in [1.165, 1.54) is 22.0 Å².